The molecule has 0 saturated heterocycles. The molecule has 1 aliphatic carbocycles. The van der Waals surface area contributed by atoms with E-state index in [1.165, 1.54) is 0 Å². The predicted octanol–water partition coefficient (Wildman–Crippen LogP) is 2.85. The lowest BCUT2D eigenvalue weighted by Crippen LogP contribution is -2.53. The van der Waals surface area contributed by atoms with Gasteiger partial charge in [0, 0.05) is 10.5 Å². The van der Waals surface area contributed by atoms with Gasteiger partial charge in [-0.05, 0) is 25.2 Å². The molecule has 2 heterocycles. The number of amides is 2. The first-order valence-electron chi connectivity index (χ1n) is 7.34. The fourth-order valence-electron chi connectivity index (χ4n) is 3.81. The molecule has 1 saturated carbocycles. The summed E-state index contributed by atoms with van der Waals surface area (Å²) in [5.41, 5.74) is 0.850. The van der Waals surface area contributed by atoms with Crippen molar-refractivity contribution in [2.75, 3.05) is 6.26 Å². The van der Waals surface area contributed by atoms with E-state index in [1.54, 1.807) is 16.7 Å². The van der Waals surface area contributed by atoms with E-state index in [-0.39, 0.29) is 11.8 Å². The average molecular weight is 300 g/mol. The van der Waals surface area contributed by atoms with Crippen molar-refractivity contribution in [2.45, 2.75) is 42.5 Å². The Morgan fingerprint density at radius 1 is 1.19 bits per heavy atom. The second-order valence-electron chi connectivity index (χ2n) is 5.86. The Kier molecular flexibility index (Phi) is 2.76. The normalized spacial score (nSPS) is 22.5. The van der Waals surface area contributed by atoms with Crippen molar-refractivity contribution in [3.63, 3.8) is 0 Å². The number of fused-ring (bicyclic) bond motifs is 4. The highest BCUT2D eigenvalue weighted by Crippen LogP contribution is 2.45. The molecule has 0 unspecified atom stereocenters. The largest absolute Gasteiger partial charge is 0.276 e. The Bertz CT molecular complexity index is 690. The summed E-state index contributed by atoms with van der Waals surface area (Å²) in [5.74, 6) is 0.421. The second-order valence-corrected chi connectivity index (χ2v) is 6.70. The molecule has 21 heavy (non-hydrogen) atoms. The van der Waals surface area contributed by atoms with Crippen molar-refractivity contribution in [3.05, 3.63) is 29.3 Å². The molecule has 1 fully saturated rings. The summed E-state index contributed by atoms with van der Waals surface area (Å²) in [4.78, 5) is 32.4. The number of hydrogen-bond donors (Lipinski definition) is 0. The second kappa shape index (κ2) is 4.44. The fraction of sp³-hybridized carbons (Fsp3) is 0.438. The highest BCUT2D eigenvalue weighted by molar-refractivity contribution is 7.98. The first kappa shape index (κ1) is 13.1. The summed E-state index contributed by atoms with van der Waals surface area (Å²) in [6.07, 6.45) is 6.57. The van der Waals surface area contributed by atoms with Gasteiger partial charge in [-0.1, -0.05) is 31.4 Å². The molecule has 4 nitrogen and oxygen atoms in total. The molecule has 0 radical (unpaired) electrons. The number of amidine groups is 1. The third-order valence-electron chi connectivity index (χ3n) is 4.83. The molecule has 108 valence electrons. The molecule has 0 aromatic heterocycles. The van der Waals surface area contributed by atoms with Gasteiger partial charge in [0.1, 0.15) is 11.4 Å². The number of aliphatic imine (C=N–C) groups is 1. The van der Waals surface area contributed by atoms with Gasteiger partial charge in [-0.3, -0.25) is 14.5 Å². The number of hydrogen-bond acceptors (Lipinski definition) is 3. The topological polar surface area (TPSA) is 49.7 Å². The minimum Gasteiger partial charge on any atom is -0.276 e. The number of carbonyl (C=O) groups excluding carboxylic acids is 2. The van der Waals surface area contributed by atoms with Crippen molar-refractivity contribution in [1.82, 2.24) is 4.90 Å². The van der Waals surface area contributed by atoms with E-state index in [0.717, 1.165) is 48.1 Å². The van der Waals surface area contributed by atoms with Crippen molar-refractivity contribution in [2.24, 2.45) is 4.99 Å². The molecular weight excluding hydrogens is 284 g/mol. The van der Waals surface area contributed by atoms with Crippen LogP contribution < -0.4 is 0 Å². The van der Waals surface area contributed by atoms with E-state index in [9.17, 15) is 9.59 Å². The number of carbonyl (C=O) groups is 2. The van der Waals surface area contributed by atoms with Crippen LogP contribution >= 0.6 is 11.8 Å². The van der Waals surface area contributed by atoms with Gasteiger partial charge in [0.15, 0.2) is 0 Å². The Morgan fingerprint density at radius 2 is 1.95 bits per heavy atom. The minimum atomic E-state index is -0.695. The number of nitrogens with zero attached hydrogens (tertiary/aromatic N) is 2. The van der Waals surface area contributed by atoms with E-state index < -0.39 is 5.54 Å². The predicted molar refractivity (Wildman–Crippen MR) is 81.8 cm³/mol. The van der Waals surface area contributed by atoms with Crippen LogP contribution in [0, 0.1) is 0 Å². The van der Waals surface area contributed by atoms with E-state index in [1.807, 2.05) is 24.5 Å². The number of benzene rings is 1. The maximum atomic E-state index is 13.0. The lowest BCUT2D eigenvalue weighted by molar-refractivity contribution is -0.126. The van der Waals surface area contributed by atoms with Crippen LogP contribution in [-0.2, 0) is 4.79 Å². The van der Waals surface area contributed by atoms with E-state index in [2.05, 4.69) is 4.99 Å². The summed E-state index contributed by atoms with van der Waals surface area (Å²) in [7, 11) is 0. The Labute approximate surface area is 127 Å². The Balaban J connectivity index is 1.89. The molecule has 3 aliphatic rings. The first-order chi connectivity index (χ1) is 10.2. The van der Waals surface area contributed by atoms with Gasteiger partial charge in [-0.15, -0.1) is 11.8 Å². The highest BCUT2D eigenvalue weighted by atomic mass is 32.2. The molecular formula is C16H16N2O2S. The van der Waals surface area contributed by atoms with Gasteiger partial charge >= 0.3 is 0 Å². The van der Waals surface area contributed by atoms with Crippen LogP contribution in [0.4, 0.5) is 0 Å². The zero-order chi connectivity index (χ0) is 14.6. The lowest BCUT2D eigenvalue weighted by atomic mass is 9.80. The first-order valence-corrected chi connectivity index (χ1v) is 8.56. The van der Waals surface area contributed by atoms with Crippen molar-refractivity contribution in [3.8, 4) is 0 Å². The van der Waals surface area contributed by atoms with Gasteiger partial charge in [-0.25, -0.2) is 0 Å². The van der Waals surface area contributed by atoms with Crippen LogP contribution in [0.1, 0.15) is 48.0 Å². The van der Waals surface area contributed by atoms with Crippen LogP contribution in [0.5, 0.6) is 0 Å². The molecule has 0 bridgehead atoms. The van der Waals surface area contributed by atoms with E-state index in [4.69, 9.17) is 0 Å². The molecule has 2 aliphatic heterocycles. The smallest absolute Gasteiger partial charge is 0.274 e. The quantitative estimate of drug-likeness (QED) is 0.749. The van der Waals surface area contributed by atoms with Crippen LogP contribution in [0.15, 0.2) is 28.1 Å². The molecule has 0 atom stereocenters. The highest BCUT2D eigenvalue weighted by Gasteiger charge is 2.57. The molecule has 4 rings (SSSR count). The minimum absolute atomic E-state index is 0.0403. The molecule has 0 N–H and O–H groups in total. The van der Waals surface area contributed by atoms with Crippen LogP contribution in [0.2, 0.25) is 0 Å². The number of rotatable bonds is 1. The third-order valence-corrected chi connectivity index (χ3v) is 5.61. The average Bonchev–Trinajstić information content (AvgIpc) is 2.95. The lowest BCUT2D eigenvalue weighted by Gasteiger charge is -2.37. The maximum absolute atomic E-state index is 13.0. The number of thioether (sulfide) groups is 1. The zero-order valence-corrected chi connectivity index (χ0v) is 12.7. The van der Waals surface area contributed by atoms with Crippen LogP contribution in [0.25, 0.3) is 0 Å². The fourth-order valence-corrected chi connectivity index (χ4v) is 4.43. The molecule has 5 heteroatoms. The van der Waals surface area contributed by atoms with Crippen molar-refractivity contribution >= 4 is 29.4 Å². The Morgan fingerprint density at radius 3 is 2.67 bits per heavy atom. The van der Waals surface area contributed by atoms with E-state index >= 15 is 0 Å². The zero-order valence-electron chi connectivity index (χ0n) is 11.9. The van der Waals surface area contributed by atoms with E-state index in [0.29, 0.717) is 5.84 Å². The third kappa shape index (κ3) is 1.55. The molecule has 1 aromatic rings. The molecule has 1 spiro atoms. The van der Waals surface area contributed by atoms with Gasteiger partial charge in [-0.2, -0.15) is 4.99 Å². The SMILES string of the molecule is CSc1cccc2c1C(=O)N1C2=NC(=O)C12CCCCC2. The van der Waals surface area contributed by atoms with Gasteiger partial charge in [0.25, 0.3) is 11.8 Å². The standard InChI is InChI=1S/C16H16N2O2S/c1-21-11-7-5-6-10-12(11)14(19)18-13(10)17-15(20)16(18)8-3-2-4-9-16/h5-7H,2-4,8-9H2,1H3. The van der Waals surface area contributed by atoms with Crippen LogP contribution in [0.3, 0.4) is 0 Å². The monoisotopic (exact) mass is 300 g/mol. The van der Waals surface area contributed by atoms with Gasteiger partial charge in [0.2, 0.25) is 0 Å². The van der Waals surface area contributed by atoms with Crippen LogP contribution in [-0.4, -0.2) is 34.3 Å². The summed E-state index contributed by atoms with van der Waals surface area (Å²) in [5, 5.41) is 0. The molecule has 2 amide bonds. The van der Waals surface area contributed by atoms with Gasteiger partial charge < -0.3 is 0 Å². The summed E-state index contributed by atoms with van der Waals surface area (Å²) in [6.45, 7) is 0. The van der Waals surface area contributed by atoms with Crippen molar-refractivity contribution in [1.29, 1.82) is 0 Å². The summed E-state index contributed by atoms with van der Waals surface area (Å²) < 4.78 is 0. The Hall–Kier alpha value is -1.62. The summed E-state index contributed by atoms with van der Waals surface area (Å²) >= 11 is 1.57. The molecule has 1 aromatic carbocycles. The summed E-state index contributed by atoms with van der Waals surface area (Å²) in [6, 6.07) is 5.79. The maximum Gasteiger partial charge on any atom is 0.274 e. The van der Waals surface area contributed by atoms with Crippen molar-refractivity contribution < 1.29 is 9.59 Å². The van der Waals surface area contributed by atoms with Gasteiger partial charge in [0.05, 0.1) is 5.56 Å².